The molecule has 76 valence electrons. The van der Waals surface area contributed by atoms with Crippen molar-refractivity contribution < 1.29 is 0 Å². The number of hydrogen-bond donors (Lipinski definition) is 0. The van der Waals surface area contributed by atoms with Gasteiger partial charge >= 0.3 is 0 Å². The molecule has 14 heavy (non-hydrogen) atoms. The SMILES string of the molecule is CC(C)(C)C(Cl)=NCc1ccccc1. The van der Waals surface area contributed by atoms with Gasteiger partial charge in [0.2, 0.25) is 0 Å². The molecule has 0 aliphatic carbocycles. The first kappa shape index (κ1) is 11.3. The first-order valence-corrected chi connectivity index (χ1v) is 5.12. The highest BCUT2D eigenvalue weighted by molar-refractivity contribution is 6.66. The zero-order valence-electron chi connectivity index (χ0n) is 8.92. The van der Waals surface area contributed by atoms with Gasteiger partial charge in [-0.2, -0.15) is 0 Å². The maximum absolute atomic E-state index is 6.06. The Balaban J connectivity index is 2.65. The highest BCUT2D eigenvalue weighted by Gasteiger charge is 2.15. The smallest absolute Gasteiger partial charge is 0.106 e. The zero-order chi connectivity index (χ0) is 10.6. The standard InChI is InChI=1S/C12H16ClN/c1-12(2,3)11(13)14-9-10-7-5-4-6-8-10/h4-8H,9H2,1-3H3. The molecule has 0 aliphatic heterocycles. The molecule has 1 aromatic carbocycles. The Labute approximate surface area is 90.8 Å². The van der Waals surface area contributed by atoms with Crippen LogP contribution < -0.4 is 0 Å². The summed E-state index contributed by atoms with van der Waals surface area (Å²) in [4.78, 5) is 4.35. The molecule has 0 radical (unpaired) electrons. The highest BCUT2D eigenvalue weighted by atomic mass is 35.5. The summed E-state index contributed by atoms with van der Waals surface area (Å²) in [5.41, 5.74) is 1.14. The van der Waals surface area contributed by atoms with Gasteiger partial charge < -0.3 is 0 Å². The quantitative estimate of drug-likeness (QED) is 0.656. The van der Waals surface area contributed by atoms with Gasteiger partial charge in [-0.25, -0.2) is 0 Å². The molecule has 0 bridgehead atoms. The Morgan fingerprint density at radius 3 is 2.29 bits per heavy atom. The van der Waals surface area contributed by atoms with Crippen LogP contribution in [-0.4, -0.2) is 5.17 Å². The minimum Gasteiger partial charge on any atom is -0.272 e. The van der Waals surface area contributed by atoms with Crippen molar-refractivity contribution in [3.8, 4) is 0 Å². The third-order valence-electron chi connectivity index (χ3n) is 1.86. The second-order valence-electron chi connectivity index (χ2n) is 4.34. The molecule has 0 fully saturated rings. The van der Waals surface area contributed by atoms with E-state index in [4.69, 9.17) is 11.6 Å². The van der Waals surface area contributed by atoms with Crippen LogP contribution >= 0.6 is 11.6 Å². The number of nitrogens with zero attached hydrogens (tertiary/aromatic N) is 1. The summed E-state index contributed by atoms with van der Waals surface area (Å²) >= 11 is 6.06. The van der Waals surface area contributed by atoms with Crippen LogP contribution in [0, 0.1) is 5.41 Å². The molecule has 1 aromatic rings. The predicted molar refractivity (Wildman–Crippen MR) is 62.9 cm³/mol. The van der Waals surface area contributed by atoms with Gasteiger partial charge in [-0.1, -0.05) is 62.7 Å². The Morgan fingerprint density at radius 1 is 1.21 bits per heavy atom. The minimum atomic E-state index is -0.0453. The van der Waals surface area contributed by atoms with E-state index in [0.29, 0.717) is 11.7 Å². The van der Waals surface area contributed by atoms with Crippen LogP contribution in [0.5, 0.6) is 0 Å². The van der Waals surface area contributed by atoms with E-state index in [1.54, 1.807) is 0 Å². The van der Waals surface area contributed by atoms with Crippen LogP contribution in [0.15, 0.2) is 35.3 Å². The van der Waals surface area contributed by atoms with Gasteiger partial charge in [-0.05, 0) is 5.56 Å². The Hall–Kier alpha value is -0.820. The van der Waals surface area contributed by atoms with E-state index in [-0.39, 0.29) is 5.41 Å². The van der Waals surface area contributed by atoms with Crippen molar-refractivity contribution in [2.24, 2.45) is 10.4 Å². The predicted octanol–water partition coefficient (Wildman–Crippen LogP) is 3.87. The molecule has 0 heterocycles. The fraction of sp³-hybridized carbons (Fsp3) is 0.417. The number of rotatable bonds is 2. The topological polar surface area (TPSA) is 12.4 Å². The molecule has 0 N–H and O–H groups in total. The largest absolute Gasteiger partial charge is 0.272 e. The summed E-state index contributed by atoms with van der Waals surface area (Å²) in [6.45, 7) is 6.84. The van der Waals surface area contributed by atoms with Gasteiger partial charge in [0.25, 0.3) is 0 Å². The summed E-state index contributed by atoms with van der Waals surface area (Å²) in [5.74, 6) is 0. The molecular weight excluding hydrogens is 194 g/mol. The first-order chi connectivity index (χ1) is 6.50. The fourth-order valence-electron chi connectivity index (χ4n) is 0.981. The van der Waals surface area contributed by atoms with Gasteiger partial charge in [-0.3, -0.25) is 4.99 Å². The van der Waals surface area contributed by atoms with Crippen LogP contribution in [0.25, 0.3) is 0 Å². The van der Waals surface area contributed by atoms with Gasteiger partial charge in [0.15, 0.2) is 0 Å². The average Bonchev–Trinajstić information content (AvgIpc) is 2.14. The van der Waals surface area contributed by atoms with Crippen LogP contribution in [-0.2, 0) is 6.54 Å². The third kappa shape index (κ3) is 3.51. The van der Waals surface area contributed by atoms with Crippen molar-refractivity contribution in [3.63, 3.8) is 0 Å². The van der Waals surface area contributed by atoms with E-state index >= 15 is 0 Å². The molecule has 0 unspecified atom stereocenters. The molecule has 0 saturated carbocycles. The van der Waals surface area contributed by atoms with E-state index in [1.807, 2.05) is 18.2 Å². The summed E-state index contributed by atoms with van der Waals surface area (Å²) in [7, 11) is 0. The highest BCUT2D eigenvalue weighted by Crippen LogP contribution is 2.19. The van der Waals surface area contributed by atoms with E-state index in [9.17, 15) is 0 Å². The summed E-state index contributed by atoms with van der Waals surface area (Å²) in [5, 5.41) is 0.682. The minimum absolute atomic E-state index is 0.0453. The Kier molecular flexibility index (Phi) is 3.70. The van der Waals surface area contributed by atoms with Gasteiger partial charge in [0, 0.05) is 5.41 Å². The molecule has 0 spiro atoms. The lowest BCUT2D eigenvalue weighted by Crippen LogP contribution is -2.14. The van der Waals surface area contributed by atoms with Crippen molar-refractivity contribution in [2.75, 3.05) is 0 Å². The molecule has 1 nitrogen and oxygen atoms in total. The number of hydrogen-bond acceptors (Lipinski definition) is 1. The molecule has 0 aromatic heterocycles. The third-order valence-corrected chi connectivity index (χ3v) is 2.55. The van der Waals surface area contributed by atoms with Crippen molar-refractivity contribution in [1.29, 1.82) is 0 Å². The van der Waals surface area contributed by atoms with E-state index in [0.717, 1.165) is 0 Å². The van der Waals surface area contributed by atoms with Gasteiger partial charge in [0.1, 0.15) is 5.17 Å². The summed E-state index contributed by atoms with van der Waals surface area (Å²) < 4.78 is 0. The Morgan fingerprint density at radius 2 is 1.79 bits per heavy atom. The number of benzene rings is 1. The van der Waals surface area contributed by atoms with Crippen molar-refractivity contribution in [1.82, 2.24) is 0 Å². The number of halogens is 1. The maximum Gasteiger partial charge on any atom is 0.106 e. The van der Waals surface area contributed by atoms with E-state index in [1.165, 1.54) is 5.56 Å². The lowest BCUT2D eigenvalue weighted by molar-refractivity contribution is 0.597. The van der Waals surface area contributed by atoms with Gasteiger partial charge in [0.05, 0.1) is 6.54 Å². The first-order valence-electron chi connectivity index (χ1n) is 4.74. The maximum atomic E-state index is 6.06. The van der Waals surface area contributed by atoms with Crippen LogP contribution in [0.1, 0.15) is 26.3 Å². The lowest BCUT2D eigenvalue weighted by Gasteiger charge is -2.15. The van der Waals surface area contributed by atoms with E-state index in [2.05, 4.69) is 37.9 Å². The summed E-state index contributed by atoms with van der Waals surface area (Å²) in [6, 6.07) is 10.1. The molecule has 0 amide bonds. The van der Waals surface area contributed by atoms with Gasteiger partial charge in [-0.15, -0.1) is 0 Å². The van der Waals surface area contributed by atoms with Crippen molar-refractivity contribution in [3.05, 3.63) is 35.9 Å². The van der Waals surface area contributed by atoms with E-state index < -0.39 is 0 Å². The fourth-order valence-corrected chi connectivity index (χ4v) is 1.04. The molecule has 2 heteroatoms. The van der Waals surface area contributed by atoms with Crippen molar-refractivity contribution in [2.45, 2.75) is 27.3 Å². The summed E-state index contributed by atoms with van der Waals surface area (Å²) in [6.07, 6.45) is 0. The number of aliphatic imine (C=N–C) groups is 1. The van der Waals surface area contributed by atoms with Crippen LogP contribution in [0.3, 0.4) is 0 Å². The second-order valence-corrected chi connectivity index (χ2v) is 4.70. The molecule has 0 saturated heterocycles. The second kappa shape index (κ2) is 4.61. The molecule has 0 atom stereocenters. The zero-order valence-corrected chi connectivity index (χ0v) is 9.67. The Bertz CT molecular complexity index is 309. The average molecular weight is 210 g/mol. The monoisotopic (exact) mass is 209 g/mol. The normalized spacial score (nSPS) is 13.0. The van der Waals surface area contributed by atoms with Crippen LogP contribution in [0.4, 0.5) is 0 Å². The molecule has 1 rings (SSSR count). The van der Waals surface area contributed by atoms with Crippen LogP contribution in [0.2, 0.25) is 0 Å². The van der Waals surface area contributed by atoms with Crippen molar-refractivity contribution >= 4 is 16.8 Å². The lowest BCUT2D eigenvalue weighted by atomic mass is 9.99. The molecular formula is C12H16ClN. The molecule has 0 aliphatic rings.